The van der Waals surface area contributed by atoms with Gasteiger partial charge in [0.1, 0.15) is 6.10 Å². The van der Waals surface area contributed by atoms with Crippen molar-refractivity contribution in [2.45, 2.75) is 6.10 Å². The molecule has 86 valence electrons. The molecule has 1 amide bonds. The van der Waals surface area contributed by atoms with E-state index in [9.17, 15) is 4.79 Å². The van der Waals surface area contributed by atoms with Crippen LogP contribution in [0.5, 0.6) is 5.75 Å². The number of halogens is 1. The van der Waals surface area contributed by atoms with Gasteiger partial charge < -0.3 is 20.9 Å². The Morgan fingerprint density at radius 1 is 1.50 bits per heavy atom. The van der Waals surface area contributed by atoms with E-state index in [1.807, 2.05) is 0 Å². The molecule has 1 aliphatic heterocycles. The fraction of sp³-hybridized carbons (Fsp3) is 0.300. The Labute approximate surface area is 97.3 Å². The van der Waals surface area contributed by atoms with Gasteiger partial charge in [0.05, 0.1) is 23.8 Å². The molecule has 0 unspecified atom stereocenters. The zero-order chi connectivity index (χ0) is 11.7. The summed E-state index contributed by atoms with van der Waals surface area (Å²) in [5.74, 6) is -0.346. The summed E-state index contributed by atoms with van der Waals surface area (Å²) >= 11 is 5.95. The molecule has 0 aromatic heterocycles. The number of benzene rings is 1. The number of primary amides is 1. The van der Waals surface area contributed by atoms with Gasteiger partial charge in [-0.05, 0) is 12.1 Å². The fourth-order valence-corrected chi connectivity index (χ4v) is 1.64. The van der Waals surface area contributed by atoms with Gasteiger partial charge in [-0.15, -0.1) is 0 Å². The Kier molecular flexibility index (Phi) is 2.89. The van der Waals surface area contributed by atoms with Crippen molar-refractivity contribution < 1.29 is 14.3 Å². The van der Waals surface area contributed by atoms with Gasteiger partial charge in [-0.1, -0.05) is 11.6 Å². The monoisotopic (exact) mass is 242 g/mol. The number of carbonyl (C=O) groups excluding carboxylic acids is 1. The number of nitrogens with two attached hydrogens (primary N) is 2. The Bertz CT molecular complexity index is 432. The molecule has 6 heteroatoms. The summed E-state index contributed by atoms with van der Waals surface area (Å²) in [6.07, 6.45) is -0.0841. The average molecular weight is 243 g/mol. The van der Waals surface area contributed by atoms with Crippen molar-refractivity contribution in [1.82, 2.24) is 0 Å². The Hall–Kier alpha value is -1.46. The molecule has 1 aromatic rings. The molecule has 1 fully saturated rings. The lowest BCUT2D eigenvalue weighted by Crippen LogP contribution is -2.39. The SMILES string of the molecule is NC(=O)c1cc(N)cc(Cl)c1OC1COC1. The fourth-order valence-electron chi connectivity index (χ4n) is 1.37. The van der Waals surface area contributed by atoms with Gasteiger partial charge >= 0.3 is 0 Å². The van der Waals surface area contributed by atoms with Crippen molar-refractivity contribution in [3.05, 3.63) is 22.7 Å². The second-order valence-electron chi connectivity index (χ2n) is 3.52. The molecule has 1 heterocycles. The first kappa shape index (κ1) is 11.0. The van der Waals surface area contributed by atoms with Crippen LogP contribution in [0, 0.1) is 0 Å². The first-order valence-corrected chi connectivity index (χ1v) is 5.09. The third-order valence-electron chi connectivity index (χ3n) is 2.22. The highest BCUT2D eigenvalue weighted by molar-refractivity contribution is 6.33. The topological polar surface area (TPSA) is 87.6 Å². The summed E-state index contributed by atoms with van der Waals surface area (Å²) < 4.78 is 10.5. The second-order valence-corrected chi connectivity index (χ2v) is 3.93. The van der Waals surface area contributed by atoms with Crippen molar-refractivity contribution in [3.63, 3.8) is 0 Å². The molecule has 16 heavy (non-hydrogen) atoms. The molecule has 5 nitrogen and oxygen atoms in total. The normalized spacial score (nSPS) is 15.6. The van der Waals surface area contributed by atoms with Crippen LogP contribution in [0.3, 0.4) is 0 Å². The lowest BCUT2D eigenvalue weighted by molar-refractivity contribution is -0.0798. The largest absolute Gasteiger partial charge is 0.483 e. The lowest BCUT2D eigenvalue weighted by atomic mass is 10.1. The number of nitrogen functional groups attached to an aromatic ring is 1. The van der Waals surface area contributed by atoms with Gasteiger partial charge in [0.2, 0.25) is 0 Å². The van der Waals surface area contributed by atoms with E-state index in [-0.39, 0.29) is 22.4 Å². The van der Waals surface area contributed by atoms with Gasteiger partial charge in [0, 0.05) is 5.69 Å². The zero-order valence-electron chi connectivity index (χ0n) is 8.40. The molecule has 1 aliphatic rings. The first-order valence-electron chi connectivity index (χ1n) is 4.71. The highest BCUT2D eigenvalue weighted by atomic mass is 35.5. The Balaban J connectivity index is 2.35. The first-order chi connectivity index (χ1) is 7.58. The second kappa shape index (κ2) is 4.19. The van der Waals surface area contributed by atoms with E-state index < -0.39 is 5.91 Å². The Morgan fingerprint density at radius 2 is 2.19 bits per heavy atom. The maximum atomic E-state index is 11.2. The van der Waals surface area contributed by atoms with Crippen molar-refractivity contribution in [1.29, 1.82) is 0 Å². The quantitative estimate of drug-likeness (QED) is 0.768. The average Bonchev–Trinajstić information content (AvgIpc) is 2.12. The number of anilines is 1. The number of ether oxygens (including phenoxy) is 2. The zero-order valence-corrected chi connectivity index (χ0v) is 9.16. The molecule has 0 bridgehead atoms. The molecule has 1 saturated heterocycles. The van der Waals surface area contributed by atoms with Crippen molar-refractivity contribution in [3.8, 4) is 5.75 Å². The lowest BCUT2D eigenvalue weighted by Gasteiger charge is -2.27. The van der Waals surface area contributed by atoms with Crippen LogP contribution in [-0.2, 0) is 4.74 Å². The smallest absolute Gasteiger partial charge is 0.252 e. The predicted molar refractivity (Wildman–Crippen MR) is 59.6 cm³/mol. The predicted octanol–water partition coefficient (Wildman–Crippen LogP) is 0.799. The summed E-state index contributed by atoms with van der Waals surface area (Å²) in [6, 6.07) is 2.96. The summed E-state index contributed by atoms with van der Waals surface area (Å²) in [6.45, 7) is 0.970. The maximum absolute atomic E-state index is 11.2. The van der Waals surface area contributed by atoms with Crippen LogP contribution in [0.25, 0.3) is 0 Å². The van der Waals surface area contributed by atoms with Crippen molar-refractivity contribution >= 4 is 23.2 Å². The van der Waals surface area contributed by atoms with Crippen LogP contribution < -0.4 is 16.2 Å². The van der Waals surface area contributed by atoms with E-state index in [0.29, 0.717) is 18.9 Å². The molecule has 0 spiro atoms. The third-order valence-corrected chi connectivity index (χ3v) is 2.50. The number of amides is 1. The van der Waals surface area contributed by atoms with Crippen molar-refractivity contribution in [2.75, 3.05) is 18.9 Å². The van der Waals surface area contributed by atoms with E-state index in [0.717, 1.165) is 0 Å². The van der Waals surface area contributed by atoms with E-state index >= 15 is 0 Å². The maximum Gasteiger partial charge on any atom is 0.252 e. The van der Waals surface area contributed by atoms with Crippen LogP contribution in [0.15, 0.2) is 12.1 Å². The molecule has 0 radical (unpaired) electrons. The highest BCUT2D eigenvalue weighted by Crippen LogP contribution is 2.32. The van der Waals surface area contributed by atoms with Gasteiger partial charge in [0.15, 0.2) is 5.75 Å². The molecule has 4 N–H and O–H groups in total. The number of rotatable bonds is 3. The van der Waals surface area contributed by atoms with Crippen LogP contribution >= 0.6 is 11.6 Å². The summed E-state index contributed by atoms with van der Waals surface area (Å²) in [4.78, 5) is 11.2. The van der Waals surface area contributed by atoms with Crippen LogP contribution in [0.1, 0.15) is 10.4 Å². The molecule has 0 saturated carbocycles. The number of hydrogen-bond acceptors (Lipinski definition) is 4. The number of hydrogen-bond donors (Lipinski definition) is 2. The summed E-state index contributed by atoms with van der Waals surface area (Å²) in [5.41, 5.74) is 11.4. The van der Waals surface area contributed by atoms with E-state index in [1.54, 1.807) is 0 Å². The summed E-state index contributed by atoms with van der Waals surface area (Å²) in [5, 5.41) is 0.278. The van der Waals surface area contributed by atoms with Gasteiger partial charge in [-0.2, -0.15) is 0 Å². The standard InChI is InChI=1S/C10H11ClN2O3/c11-8-2-5(12)1-7(10(13)14)9(8)16-6-3-15-4-6/h1-2,6H,3-4,12H2,(H2,13,14). The minimum Gasteiger partial charge on any atom is -0.483 e. The van der Waals surface area contributed by atoms with Gasteiger partial charge in [0.25, 0.3) is 5.91 Å². The summed E-state index contributed by atoms with van der Waals surface area (Å²) in [7, 11) is 0. The molecule has 1 aromatic carbocycles. The van der Waals surface area contributed by atoms with E-state index in [2.05, 4.69) is 0 Å². The van der Waals surface area contributed by atoms with Gasteiger partial charge in [-0.3, -0.25) is 4.79 Å². The number of carbonyl (C=O) groups is 1. The van der Waals surface area contributed by atoms with Crippen LogP contribution in [0.2, 0.25) is 5.02 Å². The van der Waals surface area contributed by atoms with Crippen LogP contribution in [-0.4, -0.2) is 25.2 Å². The molecular formula is C10H11ClN2O3. The molecular weight excluding hydrogens is 232 g/mol. The molecule has 0 atom stereocenters. The molecule has 0 aliphatic carbocycles. The third kappa shape index (κ3) is 2.05. The highest BCUT2D eigenvalue weighted by Gasteiger charge is 2.24. The van der Waals surface area contributed by atoms with Crippen LogP contribution in [0.4, 0.5) is 5.69 Å². The van der Waals surface area contributed by atoms with Gasteiger partial charge in [-0.25, -0.2) is 0 Å². The Morgan fingerprint density at radius 3 is 2.69 bits per heavy atom. The minimum atomic E-state index is -0.621. The minimum absolute atomic E-state index is 0.0841. The van der Waals surface area contributed by atoms with E-state index in [1.165, 1.54) is 12.1 Å². The van der Waals surface area contributed by atoms with Crippen molar-refractivity contribution in [2.24, 2.45) is 5.73 Å². The van der Waals surface area contributed by atoms with E-state index in [4.69, 9.17) is 32.5 Å². The molecule has 2 rings (SSSR count).